The van der Waals surface area contributed by atoms with Gasteiger partial charge in [-0.2, -0.15) is 0 Å². The molecular formula is C15H14BrNO2. The van der Waals surface area contributed by atoms with Gasteiger partial charge in [-0.05, 0) is 49.7 Å². The van der Waals surface area contributed by atoms with E-state index in [2.05, 4.69) is 21.2 Å². The molecule has 0 aliphatic heterocycles. The molecule has 2 rings (SSSR count). The second-order valence-corrected chi connectivity index (χ2v) is 5.28. The van der Waals surface area contributed by atoms with E-state index in [1.807, 2.05) is 19.1 Å². The molecular weight excluding hydrogens is 306 g/mol. The van der Waals surface area contributed by atoms with Crippen LogP contribution in [-0.2, 0) is 0 Å². The van der Waals surface area contributed by atoms with Crippen molar-refractivity contribution in [3.63, 3.8) is 0 Å². The minimum Gasteiger partial charge on any atom is -0.508 e. The Hall–Kier alpha value is -1.81. The van der Waals surface area contributed by atoms with E-state index in [9.17, 15) is 9.90 Å². The molecule has 0 bridgehead atoms. The van der Waals surface area contributed by atoms with Crippen molar-refractivity contribution in [3.05, 3.63) is 57.6 Å². The molecule has 0 aromatic heterocycles. The summed E-state index contributed by atoms with van der Waals surface area (Å²) in [4.78, 5) is 12.2. The summed E-state index contributed by atoms with van der Waals surface area (Å²) < 4.78 is 0.940. The highest BCUT2D eigenvalue weighted by Gasteiger charge is 2.11. The fraction of sp³-hybridized carbons (Fsp3) is 0.133. The number of hydrogen-bond donors (Lipinski definition) is 2. The quantitative estimate of drug-likeness (QED) is 0.878. The number of benzene rings is 2. The molecule has 0 fully saturated rings. The van der Waals surface area contributed by atoms with Crippen molar-refractivity contribution in [2.24, 2.45) is 0 Å². The van der Waals surface area contributed by atoms with Crippen LogP contribution in [0.25, 0.3) is 0 Å². The lowest BCUT2D eigenvalue weighted by Crippen LogP contribution is -2.14. The third-order valence-corrected chi connectivity index (χ3v) is 3.48. The van der Waals surface area contributed by atoms with E-state index < -0.39 is 0 Å². The maximum atomic E-state index is 12.2. The standard InChI is InChI=1S/C15H14BrNO2/c1-9-8-11(16)6-7-12(9)15(19)17-13-4-3-5-14(18)10(13)2/h3-8,18H,1-2H3,(H,17,19). The number of rotatable bonds is 2. The molecule has 1 amide bonds. The second-order valence-electron chi connectivity index (χ2n) is 4.36. The zero-order valence-electron chi connectivity index (χ0n) is 10.7. The van der Waals surface area contributed by atoms with Gasteiger partial charge in [-0.25, -0.2) is 0 Å². The van der Waals surface area contributed by atoms with E-state index >= 15 is 0 Å². The molecule has 2 aromatic rings. The molecule has 2 N–H and O–H groups in total. The Balaban J connectivity index is 2.28. The molecule has 0 atom stereocenters. The molecule has 3 nitrogen and oxygen atoms in total. The minimum absolute atomic E-state index is 0.172. The van der Waals surface area contributed by atoms with Crippen LogP contribution >= 0.6 is 15.9 Å². The Morgan fingerprint density at radius 1 is 1.21 bits per heavy atom. The van der Waals surface area contributed by atoms with Gasteiger partial charge in [0.2, 0.25) is 0 Å². The van der Waals surface area contributed by atoms with Crippen LogP contribution in [0, 0.1) is 13.8 Å². The van der Waals surface area contributed by atoms with Gasteiger partial charge in [-0.15, -0.1) is 0 Å². The summed E-state index contributed by atoms with van der Waals surface area (Å²) in [5.74, 6) is -0.0102. The normalized spacial score (nSPS) is 10.3. The maximum absolute atomic E-state index is 12.2. The van der Waals surface area contributed by atoms with Gasteiger partial charge in [-0.1, -0.05) is 22.0 Å². The van der Waals surface area contributed by atoms with Gasteiger partial charge in [-0.3, -0.25) is 4.79 Å². The topological polar surface area (TPSA) is 49.3 Å². The van der Waals surface area contributed by atoms with E-state index in [4.69, 9.17) is 0 Å². The summed E-state index contributed by atoms with van der Waals surface area (Å²) in [7, 11) is 0. The van der Waals surface area contributed by atoms with Crippen LogP contribution < -0.4 is 5.32 Å². The number of halogens is 1. The average molecular weight is 320 g/mol. The van der Waals surface area contributed by atoms with Crippen molar-refractivity contribution in [2.45, 2.75) is 13.8 Å². The van der Waals surface area contributed by atoms with E-state index in [1.165, 1.54) is 0 Å². The third-order valence-electron chi connectivity index (χ3n) is 2.99. The van der Waals surface area contributed by atoms with E-state index in [0.717, 1.165) is 10.0 Å². The molecule has 0 heterocycles. The van der Waals surface area contributed by atoms with Gasteiger partial charge >= 0.3 is 0 Å². The SMILES string of the molecule is Cc1cc(Br)ccc1C(=O)Nc1cccc(O)c1C. The van der Waals surface area contributed by atoms with Crippen LogP contribution in [0.5, 0.6) is 5.75 Å². The molecule has 0 saturated carbocycles. The number of hydrogen-bond acceptors (Lipinski definition) is 2. The van der Waals surface area contributed by atoms with Crippen LogP contribution in [0.3, 0.4) is 0 Å². The predicted molar refractivity (Wildman–Crippen MR) is 79.7 cm³/mol. The second kappa shape index (κ2) is 5.45. The predicted octanol–water partition coefficient (Wildman–Crippen LogP) is 4.02. The lowest BCUT2D eigenvalue weighted by atomic mass is 10.1. The fourth-order valence-electron chi connectivity index (χ4n) is 1.83. The average Bonchev–Trinajstić information content (AvgIpc) is 2.34. The highest BCUT2D eigenvalue weighted by atomic mass is 79.9. The highest BCUT2D eigenvalue weighted by molar-refractivity contribution is 9.10. The zero-order chi connectivity index (χ0) is 14.0. The summed E-state index contributed by atoms with van der Waals surface area (Å²) in [6.45, 7) is 3.65. The van der Waals surface area contributed by atoms with E-state index in [1.54, 1.807) is 31.2 Å². The Kier molecular flexibility index (Phi) is 3.90. The number of aromatic hydroxyl groups is 1. The van der Waals surface area contributed by atoms with Crippen LogP contribution in [0.1, 0.15) is 21.5 Å². The molecule has 4 heteroatoms. The number of phenolic OH excluding ortho intramolecular Hbond substituents is 1. The molecule has 98 valence electrons. The van der Waals surface area contributed by atoms with Crippen molar-refractivity contribution in [3.8, 4) is 5.75 Å². The third kappa shape index (κ3) is 2.96. The lowest BCUT2D eigenvalue weighted by Gasteiger charge is -2.11. The van der Waals surface area contributed by atoms with Crippen molar-refractivity contribution < 1.29 is 9.90 Å². The van der Waals surface area contributed by atoms with Crippen LogP contribution in [0.15, 0.2) is 40.9 Å². The monoisotopic (exact) mass is 319 g/mol. The molecule has 2 aromatic carbocycles. The van der Waals surface area contributed by atoms with Crippen LogP contribution in [-0.4, -0.2) is 11.0 Å². The Bertz CT molecular complexity index is 638. The molecule has 0 aliphatic carbocycles. The summed E-state index contributed by atoms with van der Waals surface area (Å²) >= 11 is 3.37. The zero-order valence-corrected chi connectivity index (χ0v) is 12.3. The Labute approximate surface area is 120 Å². The number of carbonyl (C=O) groups excluding carboxylic acids is 1. The number of carbonyl (C=O) groups is 1. The number of anilines is 1. The minimum atomic E-state index is -0.182. The van der Waals surface area contributed by atoms with E-state index in [0.29, 0.717) is 16.8 Å². The first-order valence-electron chi connectivity index (χ1n) is 5.85. The maximum Gasteiger partial charge on any atom is 0.255 e. The number of nitrogens with one attached hydrogen (secondary N) is 1. The summed E-state index contributed by atoms with van der Waals surface area (Å²) in [5.41, 5.74) is 2.79. The summed E-state index contributed by atoms with van der Waals surface area (Å²) in [6.07, 6.45) is 0. The largest absolute Gasteiger partial charge is 0.508 e. The van der Waals surface area contributed by atoms with Crippen LogP contribution in [0.4, 0.5) is 5.69 Å². The van der Waals surface area contributed by atoms with Gasteiger partial charge in [0.25, 0.3) is 5.91 Å². The first-order chi connectivity index (χ1) is 8.99. The first-order valence-corrected chi connectivity index (χ1v) is 6.64. The highest BCUT2D eigenvalue weighted by Crippen LogP contribution is 2.25. The Morgan fingerprint density at radius 2 is 1.95 bits per heavy atom. The van der Waals surface area contributed by atoms with Crippen molar-refractivity contribution in [1.82, 2.24) is 0 Å². The van der Waals surface area contributed by atoms with Crippen molar-refractivity contribution in [2.75, 3.05) is 5.32 Å². The van der Waals surface area contributed by atoms with Gasteiger partial charge in [0.15, 0.2) is 0 Å². The summed E-state index contributed by atoms with van der Waals surface area (Å²) in [6, 6.07) is 10.6. The van der Waals surface area contributed by atoms with Crippen LogP contribution in [0.2, 0.25) is 0 Å². The Morgan fingerprint density at radius 3 is 2.63 bits per heavy atom. The molecule has 0 aliphatic rings. The molecule has 0 radical (unpaired) electrons. The lowest BCUT2D eigenvalue weighted by molar-refractivity contribution is 0.102. The van der Waals surface area contributed by atoms with Gasteiger partial charge in [0.1, 0.15) is 5.75 Å². The van der Waals surface area contributed by atoms with Gasteiger partial charge < -0.3 is 10.4 Å². The number of aryl methyl sites for hydroxylation is 1. The number of phenols is 1. The van der Waals surface area contributed by atoms with Gasteiger partial charge in [0.05, 0.1) is 0 Å². The van der Waals surface area contributed by atoms with Crippen molar-refractivity contribution in [1.29, 1.82) is 0 Å². The fourth-order valence-corrected chi connectivity index (χ4v) is 2.31. The molecule has 0 saturated heterocycles. The van der Waals surface area contributed by atoms with Gasteiger partial charge in [0, 0.05) is 21.3 Å². The smallest absolute Gasteiger partial charge is 0.255 e. The molecule has 0 unspecified atom stereocenters. The molecule has 0 spiro atoms. The van der Waals surface area contributed by atoms with E-state index in [-0.39, 0.29) is 11.7 Å². The summed E-state index contributed by atoms with van der Waals surface area (Å²) in [5, 5.41) is 12.4. The number of amides is 1. The first kappa shape index (κ1) is 13.6. The molecule has 19 heavy (non-hydrogen) atoms. The van der Waals surface area contributed by atoms with Crippen molar-refractivity contribution >= 4 is 27.5 Å².